The summed E-state index contributed by atoms with van der Waals surface area (Å²) in [4.78, 5) is 0. The van der Waals surface area contributed by atoms with E-state index in [4.69, 9.17) is 4.43 Å². The number of hydrogen-bond acceptors (Lipinski definition) is 2. The van der Waals surface area contributed by atoms with E-state index >= 15 is 0 Å². The Labute approximate surface area is 76.8 Å². The molecule has 1 N–H and O–H groups in total. The van der Waals surface area contributed by atoms with Crippen LogP contribution in [0.4, 0.5) is 0 Å². The second-order valence-electron chi connectivity index (χ2n) is 5.18. The third kappa shape index (κ3) is 2.57. The fourth-order valence-corrected chi connectivity index (χ4v) is 1.78. The van der Waals surface area contributed by atoms with Gasteiger partial charge in [-0.15, -0.1) is 0 Å². The van der Waals surface area contributed by atoms with Gasteiger partial charge in [-0.1, -0.05) is 20.8 Å². The lowest BCUT2D eigenvalue weighted by Crippen LogP contribution is -2.41. The summed E-state index contributed by atoms with van der Waals surface area (Å²) in [6, 6.07) is 0.652. The third-order valence-corrected chi connectivity index (χ3v) is 7.45. The fraction of sp³-hybridized carbons (Fsp3) is 1.00. The second kappa shape index (κ2) is 3.12. The van der Waals surface area contributed by atoms with Crippen molar-refractivity contribution in [2.45, 2.75) is 44.9 Å². The highest BCUT2D eigenvalue weighted by atomic mass is 28.4. The average Bonchev–Trinajstić information content (AvgIpc) is 2.62. The summed E-state index contributed by atoms with van der Waals surface area (Å²) in [5, 5.41) is 3.60. The molecule has 0 spiro atoms. The first-order valence-electron chi connectivity index (χ1n) is 4.70. The Morgan fingerprint density at radius 3 is 2.25 bits per heavy atom. The summed E-state index contributed by atoms with van der Waals surface area (Å²) in [6.45, 7) is 13.5. The quantitative estimate of drug-likeness (QED) is 0.541. The van der Waals surface area contributed by atoms with E-state index in [1.807, 2.05) is 0 Å². The third-order valence-electron chi connectivity index (χ3n) is 2.94. The van der Waals surface area contributed by atoms with E-state index in [0.717, 1.165) is 13.2 Å². The molecule has 0 aromatic rings. The standard InChI is InChI=1S/C9H21NOSi/c1-9(2,3)12(4,5)11-7-8-6-10-8/h8,10H,6-7H2,1-5H3/t8-/m1/s1. The van der Waals surface area contributed by atoms with Crippen molar-refractivity contribution in [3.63, 3.8) is 0 Å². The molecule has 1 fully saturated rings. The summed E-state index contributed by atoms with van der Waals surface area (Å²) in [7, 11) is -1.47. The monoisotopic (exact) mass is 187 g/mol. The second-order valence-corrected chi connectivity index (χ2v) is 9.99. The van der Waals surface area contributed by atoms with Crippen LogP contribution in [-0.2, 0) is 4.43 Å². The molecule has 1 aliphatic heterocycles. The van der Waals surface area contributed by atoms with Crippen molar-refractivity contribution in [3.8, 4) is 0 Å². The highest BCUT2D eigenvalue weighted by Gasteiger charge is 2.38. The van der Waals surface area contributed by atoms with Crippen LogP contribution >= 0.6 is 0 Å². The van der Waals surface area contributed by atoms with Gasteiger partial charge >= 0.3 is 0 Å². The molecule has 1 atom stereocenters. The van der Waals surface area contributed by atoms with E-state index in [0.29, 0.717) is 11.1 Å². The molecule has 1 rings (SSSR count). The molecule has 0 radical (unpaired) electrons. The SMILES string of the molecule is CC(C)(C)[Si](C)(C)OC[C@H]1CN1. The molecule has 0 bridgehead atoms. The van der Waals surface area contributed by atoms with Gasteiger partial charge < -0.3 is 9.74 Å². The van der Waals surface area contributed by atoms with Gasteiger partial charge in [0.05, 0.1) is 6.61 Å². The Hall–Kier alpha value is 0.137. The van der Waals surface area contributed by atoms with Gasteiger partial charge in [0.25, 0.3) is 0 Å². The van der Waals surface area contributed by atoms with Crippen molar-refractivity contribution < 1.29 is 4.43 Å². The first-order chi connectivity index (χ1) is 5.33. The molecule has 1 saturated heterocycles. The van der Waals surface area contributed by atoms with E-state index in [9.17, 15) is 0 Å². The van der Waals surface area contributed by atoms with Crippen molar-refractivity contribution in [2.75, 3.05) is 13.2 Å². The van der Waals surface area contributed by atoms with Crippen LogP contribution in [0, 0.1) is 0 Å². The smallest absolute Gasteiger partial charge is 0.192 e. The lowest BCUT2D eigenvalue weighted by molar-refractivity contribution is 0.290. The van der Waals surface area contributed by atoms with Crippen LogP contribution in [0.1, 0.15) is 20.8 Å². The number of rotatable bonds is 3. The van der Waals surface area contributed by atoms with E-state index in [1.165, 1.54) is 0 Å². The Balaban J connectivity index is 2.35. The van der Waals surface area contributed by atoms with Gasteiger partial charge in [0.1, 0.15) is 0 Å². The van der Waals surface area contributed by atoms with Crippen LogP contribution in [-0.4, -0.2) is 27.5 Å². The van der Waals surface area contributed by atoms with E-state index in [-0.39, 0.29) is 0 Å². The minimum Gasteiger partial charge on any atom is -0.415 e. The van der Waals surface area contributed by atoms with Crippen molar-refractivity contribution in [3.05, 3.63) is 0 Å². The van der Waals surface area contributed by atoms with Gasteiger partial charge in [0.2, 0.25) is 0 Å². The zero-order chi connectivity index (χ0) is 9.41. The molecule has 0 amide bonds. The van der Waals surface area contributed by atoms with Crippen LogP contribution < -0.4 is 5.32 Å². The maximum absolute atomic E-state index is 5.99. The van der Waals surface area contributed by atoms with Crippen molar-refractivity contribution >= 4 is 8.32 Å². The minimum absolute atomic E-state index is 0.349. The summed E-state index contributed by atoms with van der Waals surface area (Å²) in [5.74, 6) is 0. The van der Waals surface area contributed by atoms with Crippen molar-refractivity contribution in [1.82, 2.24) is 5.32 Å². The molecular weight excluding hydrogens is 166 g/mol. The van der Waals surface area contributed by atoms with Gasteiger partial charge in [-0.3, -0.25) is 0 Å². The van der Waals surface area contributed by atoms with Crippen molar-refractivity contribution in [2.24, 2.45) is 0 Å². The normalized spacial score (nSPS) is 24.2. The largest absolute Gasteiger partial charge is 0.415 e. The van der Waals surface area contributed by atoms with E-state index in [2.05, 4.69) is 39.2 Å². The lowest BCUT2D eigenvalue weighted by atomic mass is 10.2. The topological polar surface area (TPSA) is 31.2 Å². The average molecular weight is 187 g/mol. The Morgan fingerprint density at radius 1 is 1.42 bits per heavy atom. The van der Waals surface area contributed by atoms with Crippen LogP contribution in [0.25, 0.3) is 0 Å². The Bertz CT molecular complexity index is 158. The number of hydrogen-bond donors (Lipinski definition) is 1. The highest BCUT2D eigenvalue weighted by molar-refractivity contribution is 6.74. The molecule has 0 aromatic carbocycles. The van der Waals surface area contributed by atoms with Crippen molar-refractivity contribution in [1.29, 1.82) is 0 Å². The highest BCUT2D eigenvalue weighted by Crippen LogP contribution is 2.36. The van der Waals surface area contributed by atoms with E-state index in [1.54, 1.807) is 0 Å². The van der Waals surface area contributed by atoms with Gasteiger partial charge in [-0.05, 0) is 18.1 Å². The molecular formula is C9H21NOSi. The molecule has 0 aromatic heterocycles. The molecule has 1 heterocycles. The van der Waals surface area contributed by atoms with Crippen LogP contribution in [0.5, 0.6) is 0 Å². The summed E-state index contributed by atoms with van der Waals surface area (Å²) in [6.07, 6.45) is 0. The lowest BCUT2D eigenvalue weighted by Gasteiger charge is -2.36. The molecule has 12 heavy (non-hydrogen) atoms. The Morgan fingerprint density at radius 2 is 1.92 bits per heavy atom. The van der Waals surface area contributed by atoms with Crippen LogP contribution in [0.15, 0.2) is 0 Å². The summed E-state index contributed by atoms with van der Waals surface area (Å²) < 4.78 is 5.99. The van der Waals surface area contributed by atoms with E-state index < -0.39 is 8.32 Å². The number of nitrogens with one attached hydrogen (secondary N) is 1. The molecule has 2 nitrogen and oxygen atoms in total. The fourth-order valence-electron chi connectivity index (χ4n) is 0.727. The van der Waals surface area contributed by atoms with Gasteiger partial charge in [-0.25, -0.2) is 0 Å². The molecule has 0 aliphatic carbocycles. The predicted molar refractivity (Wildman–Crippen MR) is 54.9 cm³/mol. The Kier molecular flexibility index (Phi) is 2.66. The van der Waals surface area contributed by atoms with Gasteiger partial charge in [0, 0.05) is 12.6 Å². The van der Waals surface area contributed by atoms with Gasteiger partial charge in [-0.2, -0.15) is 0 Å². The molecule has 3 heteroatoms. The summed E-state index contributed by atoms with van der Waals surface area (Å²) >= 11 is 0. The van der Waals surface area contributed by atoms with Crippen LogP contribution in [0.3, 0.4) is 0 Å². The molecule has 0 unspecified atom stereocenters. The maximum atomic E-state index is 5.99. The maximum Gasteiger partial charge on any atom is 0.192 e. The first kappa shape index (κ1) is 10.2. The molecule has 1 aliphatic rings. The molecule has 72 valence electrons. The zero-order valence-corrected chi connectivity index (χ0v) is 9.90. The van der Waals surface area contributed by atoms with Crippen LogP contribution in [0.2, 0.25) is 18.1 Å². The zero-order valence-electron chi connectivity index (χ0n) is 8.90. The predicted octanol–water partition coefficient (Wildman–Crippen LogP) is 1.98. The minimum atomic E-state index is -1.47. The first-order valence-corrected chi connectivity index (χ1v) is 7.61. The molecule has 0 saturated carbocycles. The van der Waals surface area contributed by atoms with Gasteiger partial charge in [0.15, 0.2) is 8.32 Å². The summed E-state index contributed by atoms with van der Waals surface area (Å²) in [5.41, 5.74) is 0.